The first-order valence-electron chi connectivity index (χ1n) is 9.73. The largest absolute Gasteiger partial charge is 0.465 e. The van der Waals surface area contributed by atoms with Gasteiger partial charge in [0.05, 0.1) is 22.2 Å². The molecule has 1 aromatic carbocycles. The van der Waals surface area contributed by atoms with Crippen molar-refractivity contribution in [3.8, 4) is 0 Å². The van der Waals surface area contributed by atoms with Crippen molar-refractivity contribution in [1.82, 2.24) is 9.47 Å². The minimum Gasteiger partial charge on any atom is -0.465 e. The first kappa shape index (κ1) is 21.8. The first-order chi connectivity index (χ1) is 13.6. The van der Waals surface area contributed by atoms with Crippen molar-refractivity contribution in [3.05, 3.63) is 33.4 Å². The molecule has 1 aromatic heterocycles. The summed E-state index contributed by atoms with van der Waals surface area (Å²) in [6.45, 7) is 8.77. The molecular weight excluding hydrogens is 415 g/mol. The van der Waals surface area contributed by atoms with Crippen LogP contribution in [0.2, 0.25) is 10.0 Å². The zero-order chi connectivity index (χ0) is 21.3. The number of hydrogen-bond acceptors (Lipinski definition) is 4. The maximum Gasteiger partial charge on any atom is 0.410 e. The Morgan fingerprint density at radius 2 is 1.76 bits per heavy atom. The molecule has 1 aliphatic heterocycles. The lowest BCUT2D eigenvalue weighted by Gasteiger charge is -2.26. The van der Waals surface area contributed by atoms with Crippen molar-refractivity contribution >= 4 is 46.2 Å². The van der Waals surface area contributed by atoms with Gasteiger partial charge in [0.15, 0.2) is 0 Å². The molecule has 3 rings (SSSR count). The molecule has 0 N–H and O–H groups in total. The fourth-order valence-corrected chi connectivity index (χ4v) is 3.98. The van der Waals surface area contributed by atoms with Crippen molar-refractivity contribution in [3.63, 3.8) is 0 Å². The predicted octanol–water partition coefficient (Wildman–Crippen LogP) is 4.85. The number of carbonyl (C=O) groups excluding carboxylic acids is 2. The van der Waals surface area contributed by atoms with Gasteiger partial charge < -0.3 is 18.9 Å². The lowest BCUT2D eigenvalue weighted by molar-refractivity contribution is -0.143. The van der Waals surface area contributed by atoms with Gasteiger partial charge in [0.25, 0.3) is 0 Å². The summed E-state index contributed by atoms with van der Waals surface area (Å²) in [5.41, 5.74) is 2.38. The van der Waals surface area contributed by atoms with Crippen molar-refractivity contribution in [1.29, 1.82) is 0 Å². The summed E-state index contributed by atoms with van der Waals surface area (Å²) in [5.74, 6) is -0.313. The second-order valence-electron chi connectivity index (χ2n) is 8.07. The number of fused-ring (bicyclic) bond motifs is 3. The molecule has 8 heteroatoms. The number of halogens is 2. The Labute approximate surface area is 180 Å². The highest BCUT2D eigenvalue weighted by atomic mass is 35.5. The summed E-state index contributed by atoms with van der Waals surface area (Å²) in [6.07, 6.45) is 0.904. The fourth-order valence-electron chi connectivity index (χ4n) is 3.65. The average molecular weight is 441 g/mol. The quantitative estimate of drug-likeness (QED) is 0.640. The number of carbonyl (C=O) groups is 2. The van der Waals surface area contributed by atoms with Crippen LogP contribution >= 0.6 is 23.2 Å². The topological polar surface area (TPSA) is 60.8 Å². The molecule has 0 radical (unpaired) electrons. The van der Waals surface area contributed by atoms with Crippen molar-refractivity contribution in [2.75, 3.05) is 19.7 Å². The molecule has 29 heavy (non-hydrogen) atoms. The highest BCUT2D eigenvalue weighted by molar-refractivity contribution is 6.42. The van der Waals surface area contributed by atoms with Gasteiger partial charge in [-0.1, -0.05) is 23.2 Å². The van der Waals surface area contributed by atoms with E-state index in [0.717, 1.165) is 22.2 Å². The standard InChI is InChI=1S/C21H26Cl2N2O4/c1-5-28-19(26)12-25-17-7-9-24(20(27)29-21(2,3)4)8-6-13(17)14-10-15(22)16(23)11-18(14)25/h10-11H,5-9,12H2,1-4H3. The Morgan fingerprint density at radius 3 is 2.41 bits per heavy atom. The summed E-state index contributed by atoms with van der Waals surface area (Å²) in [6, 6.07) is 3.63. The summed E-state index contributed by atoms with van der Waals surface area (Å²) < 4.78 is 12.6. The van der Waals surface area contributed by atoms with E-state index < -0.39 is 5.60 Å². The van der Waals surface area contributed by atoms with Crippen molar-refractivity contribution in [2.45, 2.75) is 52.7 Å². The summed E-state index contributed by atoms with van der Waals surface area (Å²) in [7, 11) is 0. The van der Waals surface area contributed by atoms with Gasteiger partial charge in [-0.15, -0.1) is 0 Å². The van der Waals surface area contributed by atoms with Gasteiger partial charge >= 0.3 is 12.1 Å². The Hall–Kier alpha value is -1.92. The van der Waals surface area contributed by atoms with Crippen LogP contribution in [0, 0.1) is 0 Å². The van der Waals surface area contributed by atoms with Gasteiger partial charge in [0.2, 0.25) is 0 Å². The van der Waals surface area contributed by atoms with Gasteiger partial charge in [-0.3, -0.25) is 4.79 Å². The van der Waals surface area contributed by atoms with E-state index in [1.807, 2.05) is 31.4 Å². The molecule has 158 valence electrons. The SMILES string of the molecule is CCOC(=O)Cn1c2c(c3cc(Cl)c(Cl)cc31)CCN(C(=O)OC(C)(C)C)CC2. The highest BCUT2D eigenvalue weighted by Crippen LogP contribution is 2.35. The molecular formula is C21H26Cl2N2O4. The molecule has 0 spiro atoms. The monoisotopic (exact) mass is 440 g/mol. The molecule has 2 heterocycles. The number of benzene rings is 1. The smallest absolute Gasteiger partial charge is 0.410 e. The molecule has 1 amide bonds. The van der Waals surface area contributed by atoms with E-state index in [9.17, 15) is 9.59 Å². The molecule has 0 bridgehead atoms. The van der Waals surface area contributed by atoms with E-state index in [1.165, 1.54) is 0 Å². The summed E-state index contributed by atoms with van der Waals surface area (Å²) in [4.78, 5) is 26.5. The van der Waals surface area contributed by atoms with Crippen LogP contribution in [-0.4, -0.2) is 46.8 Å². The third-order valence-electron chi connectivity index (χ3n) is 4.82. The van der Waals surface area contributed by atoms with Crippen molar-refractivity contribution < 1.29 is 19.1 Å². The Morgan fingerprint density at radius 1 is 1.10 bits per heavy atom. The molecule has 6 nitrogen and oxygen atoms in total. The molecule has 2 aromatic rings. The van der Waals surface area contributed by atoms with E-state index in [2.05, 4.69) is 0 Å². The van der Waals surface area contributed by atoms with Crippen LogP contribution in [0.3, 0.4) is 0 Å². The van der Waals surface area contributed by atoms with Gasteiger partial charge in [0, 0.05) is 30.6 Å². The Bertz CT molecular complexity index is 947. The number of nitrogens with zero attached hydrogens (tertiary/aromatic N) is 2. The minimum absolute atomic E-state index is 0.0874. The second kappa shape index (κ2) is 8.44. The molecule has 0 aliphatic carbocycles. The van der Waals surface area contributed by atoms with Gasteiger partial charge in [-0.2, -0.15) is 0 Å². The van der Waals surface area contributed by atoms with Gasteiger partial charge in [-0.25, -0.2) is 4.79 Å². The van der Waals surface area contributed by atoms with Crippen LogP contribution < -0.4 is 0 Å². The number of aromatic nitrogens is 1. The lowest BCUT2D eigenvalue weighted by atomic mass is 10.1. The molecule has 0 unspecified atom stereocenters. The first-order valence-corrected chi connectivity index (χ1v) is 10.5. The van der Waals surface area contributed by atoms with E-state index in [0.29, 0.717) is 42.6 Å². The lowest BCUT2D eigenvalue weighted by Crippen LogP contribution is -2.38. The Balaban J connectivity index is 1.98. The van der Waals surface area contributed by atoms with Crippen LogP contribution in [-0.2, 0) is 33.7 Å². The van der Waals surface area contributed by atoms with E-state index in [-0.39, 0.29) is 18.6 Å². The number of rotatable bonds is 3. The third kappa shape index (κ3) is 4.81. The number of amides is 1. The van der Waals surface area contributed by atoms with Gasteiger partial charge in [0.1, 0.15) is 12.1 Å². The van der Waals surface area contributed by atoms with Crippen LogP contribution in [0.5, 0.6) is 0 Å². The average Bonchev–Trinajstić information content (AvgIpc) is 2.77. The maximum absolute atomic E-state index is 12.5. The normalized spacial score (nSPS) is 14.5. The molecule has 0 saturated heterocycles. The summed E-state index contributed by atoms with van der Waals surface area (Å²) >= 11 is 12.5. The Kier molecular flexibility index (Phi) is 6.34. The third-order valence-corrected chi connectivity index (χ3v) is 5.55. The van der Waals surface area contributed by atoms with E-state index >= 15 is 0 Å². The molecule has 1 aliphatic rings. The number of ether oxygens (including phenoxy) is 2. The minimum atomic E-state index is -0.549. The van der Waals surface area contributed by atoms with E-state index in [1.54, 1.807) is 17.9 Å². The zero-order valence-corrected chi connectivity index (χ0v) is 18.7. The molecule has 0 fully saturated rings. The summed E-state index contributed by atoms with van der Waals surface area (Å²) in [5, 5.41) is 1.85. The predicted molar refractivity (Wildman–Crippen MR) is 114 cm³/mol. The van der Waals surface area contributed by atoms with Crippen LogP contribution in [0.1, 0.15) is 39.0 Å². The van der Waals surface area contributed by atoms with Crippen LogP contribution in [0.15, 0.2) is 12.1 Å². The molecule has 0 atom stereocenters. The molecule has 0 saturated carbocycles. The second-order valence-corrected chi connectivity index (χ2v) is 8.88. The maximum atomic E-state index is 12.5. The highest BCUT2D eigenvalue weighted by Gasteiger charge is 2.28. The number of hydrogen-bond donors (Lipinski definition) is 0. The number of esters is 1. The van der Waals surface area contributed by atoms with Gasteiger partial charge in [-0.05, 0) is 51.8 Å². The van der Waals surface area contributed by atoms with Crippen LogP contribution in [0.4, 0.5) is 4.79 Å². The van der Waals surface area contributed by atoms with E-state index in [4.69, 9.17) is 32.7 Å². The van der Waals surface area contributed by atoms with Crippen molar-refractivity contribution in [2.24, 2.45) is 0 Å². The fraction of sp³-hybridized carbons (Fsp3) is 0.524. The zero-order valence-electron chi connectivity index (χ0n) is 17.2. The van der Waals surface area contributed by atoms with Crippen LogP contribution in [0.25, 0.3) is 10.9 Å².